The Labute approximate surface area is 142 Å². The van der Waals surface area contributed by atoms with Crippen LogP contribution in [0.25, 0.3) is 10.4 Å². The quantitative estimate of drug-likeness (QED) is 0.729. The molecule has 0 radical (unpaired) electrons. The number of anilines is 2. The van der Waals surface area contributed by atoms with Crippen molar-refractivity contribution in [3.05, 3.63) is 64.0 Å². The van der Waals surface area contributed by atoms with Gasteiger partial charge in [-0.15, -0.1) is 11.3 Å². The maximum Gasteiger partial charge on any atom is 0.256 e. The van der Waals surface area contributed by atoms with Crippen molar-refractivity contribution in [2.75, 3.05) is 11.1 Å². The number of hydrogen-bond donors (Lipinski definition) is 2. The third kappa shape index (κ3) is 3.52. The summed E-state index contributed by atoms with van der Waals surface area (Å²) in [6, 6.07) is 14.3. The van der Waals surface area contributed by atoms with Crippen molar-refractivity contribution in [3.8, 4) is 10.4 Å². The molecule has 0 fully saturated rings. The number of nitrogens with one attached hydrogen (secondary N) is 1. The summed E-state index contributed by atoms with van der Waals surface area (Å²) in [6.45, 7) is 2.04. The summed E-state index contributed by atoms with van der Waals surface area (Å²) in [6.07, 6.45) is 0. The van der Waals surface area contributed by atoms with Crippen LogP contribution in [0.2, 0.25) is 5.02 Å². The summed E-state index contributed by atoms with van der Waals surface area (Å²) < 4.78 is 0. The zero-order valence-corrected chi connectivity index (χ0v) is 13.9. The fraction of sp³-hybridized carbons (Fsp3) is 0.0588. The van der Waals surface area contributed by atoms with E-state index in [1.807, 2.05) is 25.1 Å². The Kier molecular flexibility index (Phi) is 4.32. The van der Waals surface area contributed by atoms with Crippen LogP contribution in [-0.4, -0.2) is 10.9 Å². The van der Waals surface area contributed by atoms with Crippen molar-refractivity contribution < 1.29 is 4.79 Å². The summed E-state index contributed by atoms with van der Waals surface area (Å²) in [7, 11) is 0. The van der Waals surface area contributed by atoms with Gasteiger partial charge in [0.2, 0.25) is 0 Å². The molecule has 0 spiro atoms. The molecule has 0 unspecified atom stereocenters. The van der Waals surface area contributed by atoms with E-state index < -0.39 is 0 Å². The van der Waals surface area contributed by atoms with Crippen LogP contribution in [0.1, 0.15) is 15.2 Å². The normalized spacial score (nSPS) is 10.5. The lowest BCUT2D eigenvalue weighted by Crippen LogP contribution is -2.13. The van der Waals surface area contributed by atoms with Crippen LogP contribution >= 0.6 is 22.9 Å². The highest BCUT2D eigenvalue weighted by Gasteiger charge is 2.10. The minimum atomic E-state index is -0.256. The van der Waals surface area contributed by atoms with E-state index >= 15 is 0 Å². The molecule has 6 heteroatoms. The van der Waals surface area contributed by atoms with Gasteiger partial charge in [0, 0.05) is 25.9 Å². The van der Waals surface area contributed by atoms with Gasteiger partial charge in [-0.2, -0.15) is 0 Å². The Bertz CT molecular complexity index is 859. The molecule has 3 rings (SSSR count). The minimum Gasteiger partial charge on any atom is -0.383 e. The summed E-state index contributed by atoms with van der Waals surface area (Å²) in [5.74, 6) is 0.550. The number of aryl methyl sites for hydroxylation is 1. The fourth-order valence-electron chi connectivity index (χ4n) is 2.12. The first-order valence-corrected chi connectivity index (χ1v) is 8.12. The number of amides is 1. The van der Waals surface area contributed by atoms with Gasteiger partial charge in [-0.1, -0.05) is 11.6 Å². The summed E-state index contributed by atoms with van der Waals surface area (Å²) in [4.78, 5) is 18.7. The van der Waals surface area contributed by atoms with Crippen LogP contribution in [0.15, 0.2) is 48.5 Å². The van der Waals surface area contributed by atoms with Gasteiger partial charge in [0.05, 0.1) is 0 Å². The molecular formula is C17H14ClN3OS. The van der Waals surface area contributed by atoms with Gasteiger partial charge in [-0.3, -0.25) is 4.79 Å². The molecule has 1 aromatic carbocycles. The molecule has 2 aromatic heterocycles. The maximum absolute atomic E-state index is 12.2. The monoisotopic (exact) mass is 343 g/mol. The summed E-state index contributed by atoms with van der Waals surface area (Å²) in [5, 5.41) is 3.32. The van der Waals surface area contributed by atoms with Crippen LogP contribution in [0.5, 0.6) is 0 Å². The number of thiophene rings is 1. The van der Waals surface area contributed by atoms with Crippen LogP contribution in [0.4, 0.5) is 11.6 Å². The zero-order chi connectivity index (χ0) is 16.4. The van der Waals surface area contributed by atoms with E-state index in [9.17, 15) is 4.79 Å². The Morgan fingerprint density at radius 2 is 1.87 bits per heavy atom. The van der Waals surface area contributed by atoms with E-state index in [2.05, 4.69) is 10.3 Å². The molecule has 116 valence electrons. The number of pyridine rings is 1. The Morgan fingerprint density at radius 1 is 1.13 bits per heavy atom. The van der Waals surface area contributed by atoms with Crippen LogP contribution in [-0.2, 0) is 0 Å². The molecule has 0 bridgehead atoms. The second-order valence-electron chi connectivity index (χ2n) is 5.00. The van der Waals surface area contributed by atoms with Crippen LogP contribution in [0.3, 0.4) is 0 Å². The van der Waals surface area contributed by atoms with Crippen molar-refractivity contribution >= 4 is 40.5 Å². The second-order valence-corrected chi connectivity index (χ2v) is 6.72. The number of nitrogen functional groups attached to an aromatic ring is 1. The largest absolute Gasteiger partial charge is 0.383 e. The number of carbonyl (C=O) groups is 1. The molecule has 0 saturated carbocycles. The van der Waals surface area contributed by atoms with E-state index in [1.165, 1.54) is 4.88 Å². The molecule has 23 heavy (non-hydrogen) atoms. The van der Waals surface area contributed by atoms with Crippen molar-refractivity contribution in [2.45, 2.75) is 6.92 Å². The zero-order valence-electron chi connectivity index (χ0n) is 12.3. The maximum atomic E-state index is 12.2. The van der Waals surface area contributed by atoms with Gasteiger partial charge in [0.15, 0.2) is 0 Å². The lowest BCUT2D eigenvalue weighted by molar-refractivity contribution is 0.102. The molecule has 3 aromatic rings. The topological polar surface area (TPSA) is 68.0 Å². The molecule has 4 nitrogen and oxygen atoms in total. The number of benzene rings is 1. The Hall–Kier alpha value is -2.37. The average Bonchev–Trinajstić information content (AvgIpc) is 2.94. The predicted molar refractivity (Wildman–Crippen MR) is 96.1 cm³/mol. The highest BCUT2D eigenvalue weighted by molar-refractivity contribution is 7.15. The molecular weight excluding hydrogens is 330 g/mol. The van der Waals surface area contributed by atoms with E-state index in [-0.39, 0.29) is 5.91 Å². The smallest absolute Gasteiger partial charge is 0.256 e. The number of nitrogens with zero attached hydrogens (tertiary/aromatic N) is 1. The van der Waals surface area contributed by atoms with Gasteiger partial charge in [0.25, 0.3) is 5.91 Å². The van der Waals surface area contributed by atoms with Gasteiger partial charge in [-0.25, -0.2) is 4.98 Å². The van der Waals surface area contributed by atoms with Gasteiger partial charge in [0.1, 0.15) is 11.6 Å². The number of carbonyl (C=O) groups excluding carboxylic acids is 1. The minimum absolute atomic E-state index is 0.256. The average molecular weight is 344 g/mol. The van der Waals surface area contributed by atoms with E-state index in [0.29, 0.717) is 22.2 Å². The molecule has 2 heterocycles. The van der Waals surface area contributed by atoms with E-state index in [0.717, 1.165) is 10.4 Å². The van der Waals surface area contributed by atoms with Crippen molar-refractivity contribution in [3.63, 3.8) is 0 Å². The molecule has 0 saturated heterocycles. The second kappa shape index (κ2) is 6.40. The number of hydrogen-bond acceptors (Lipinski definition) is 4. The van der Waals surface area contributed by atoms with Crippen LogP contribution in [0, 0.1) is 6.92 Å². The lowest BCUT2D eigenvalue weighted by atomic mass is 10.2. The van der Waals surface area contributed by atoms with Crippen molar-refractivity contribution in [2.24, 2.45) is 0 Å². The Morgan fingerprint density at radius 3 is 2.48 bits per heavy atom. The van der Waals surface area contributed by atoms with Crippen molar-refractivity contribution in [1.82, 2.24) is 4.98 Å². The first-order valence-electron chi connectivity index (χ1n) is 6.93. The third-order valence-corrected chi connectivity index (χ3v) is 4.56. The van der Waals surface area contributed by atoms with E-state index in [4.69, 9.17) is 17.3 Å². The number of aromatic nitrogens is 1. The summed E-state index contributed by atoms with van der Waals surface area (Å²) in [5.41, 5.74) is 7.40. The van der Waals surface area contributed by atoms with Crippen molar-refractivity contribution in [1.29, 1.82) is 0 Å². The number of rotatable bonds is 3. The summed E-state index contributed by atoms with van der Waals surface area (Å²) >= 11 is 7.47. The van der Waals surface area contributed by atoms with Gasteiger partial charge < -0.3 is 11.1 Å². The van der Waals surface area contributed by atoms with E-state index in [1.54, 1.807) is 41.7 Å². The first-order chi connectivity index (χ1) is 11.0. The molecule has 0 aliphatic rings. The highest BCUT2D eigenvalue weighted by atomic mass is 35.5. The van der Waals surface area contributed by atoms with Gasteiger partial charge in [-0.05, 0) is 55.5 Å². The predicted octanol–water partition coefficient (Wildman–Crippen LogP) is 4.61. The highest BCUT2D eigenvalue weighted by Crippen LogP contribution is 2.31. The standard InChI is InChI=1S/C17H14ClN3OS/c1-10-2-8-14(23-10)13-7-9-15(20-16(13)19)21-17(22)11-3-5-12(18)6-4-11/h2-9H,1H3,(H3,19,20,21,22). The number of nitrogens with two attached hydrogens (primary N) is 1. The molecule has 3 N–H and O–H groups in total. The molecule has 1 amide bonds. The lowest BCUT2D eigenvalue weighted by Gasteiger charge is -2.08. The third-order valence-electron chi connectivity index (χ3n) is 3.28. The molecule has 0 aliphatic heterocycles. The fourth-order valence-corrected chi connectivity index (χ4v) is 3.15. The molecule has 0 atom stereocenters. The SMILES string of the molecule is Cc1ccc(-c2ccc(NC(=O)c3ccc(Cl)cc3)nc2N)s1. The van der Waals surface area contributed by atoms with Gasteiger partial charge >= 0.3 is 0 Å². The number of halogens is 1. The first kappa shape index (κ1) is 15.5. The van der Waals surface area contributed by atoms with Crippen LogP contribution < -0.4 is 11.1 Å². The molecule has 0 aliphatic carbocycles. The Balaban J connectivity index is 1.80.